The maximum Gasteiger partial charge on any atom is 0.416 e. The quantitative estimate of drug-likeness (QED) is 0.589. The van der Waals surface area contributed by atoms with Gasteiger partial charge in [0, 0.05) is 23.6 Å². The number of benzene rings is 2. The van der Waals surface area contributed by atoms with Gasteiger partial charge < -0.3 is 5.32 Å². The second-order valence-corrected chi connectivity index (χ2v) is 7.29. The number of aromatic nitrogens is 2. The van der Waals surface area contributed by atoms with E-state index in [2.05, 4.69) is 5.32 Å². The van der Waals surface area contributed by atoms with Crippen LogP contribution in [0.4, 0.5) is 19.0 Å². The van der Waals surface area contributed by atoms with E-state index in [0.717, 1.165) is 60.6 Å². The van der Waals surface area contributed by atoms with Crippen molar-refractivity contribution in [2.24, 2.45) is 0 Å². The molecule has 1 aliphatic rings. The fourth-order valence-corrected chi connectivity index (χ4v) is 3.74. The molecule has 0 bridgehead atoms. The van der Waals surface area contributed by atoms with Crippen LogP contribution in [0.15, 0.2) is 48.5 Å². The summed E-state index contributed by atoms with van der Waals surface area (Å²) in [5.41, 5.74) is 2.55. The van der Waals surface area contributed by atoms with Gasteiger partial charge in [0.2, 0.25) is 0 Å². The molecule has 0 unspecified atom stereocenters. The van der Waals surface area contributed by atoms with Crippen LogP contribution in [0.3, 0.4) is 0 Å². The number of alkyl halides is 3. The standard InChI is InChI=1S/C21H19ClF3N3/c22-18-10-2-1-6-14(18)12-19-17-9-3-4-11-26-20(17)28(27-19)16-8-5-7-15(13-16)21(23,24)25/h1-2,5-8,10,13,26H,3-4,9,11-12H2. The van der Waals surface area contributed by atoms with Gasteiger partial charge in [-0.15, -0.1) is 0 Å². The van der Waals surface area contributed by atoms with Gasteiger partial charge in [0.25, 0.3) is 0 Å². The van der Waals surface area contributed by atoms with Crippen molar-refractivity contribution in [1.82, 2.24) is 9.78 Å². The van der Waals surface area contributed by atoms with E-state index >= 15 is 0 Å². The van der Waals surface area contributed by atoms with Crippen LogP contribution >= 0.6 is 11.6 Å². The zero-order valence-electron chi connectivity index (χ0n) is 15.1. The van der Waals surface area contributed by atoms with E-state index in [-0.39, 0.29) is 0 Å². The monoisotopic (exact) mass is 405 g/mol. The fourth-order valence-electron chi connectivity index (χ4n) is 3.54. The third kappa shape index (κ3) is 3.74. The van der Waals surface area contributed by atoms with Gasteiger partial charge in [-0.3, -0.25) is 0 Å². The molecule has 0 saturated carbocycles. The minimum absolute atomic E-state index is 0.394. The third-order valence-electron chi connectivity index (χ3n) is 4.95. The first-order valence-corrected chi connectivity index (χ1v) is 9.57. The molecule has 0 amide bonds. The number of nitrogens with one attached hydrogen (secondary N) is 1. The normalized spacial score (nSPS) is 14.3. The maximum atomic E-state index is 13.2. The highest BCUT2D eigenvalue weighted by atomic mass is 35.5. The first-order chi connectivity index (χ1) is 13.4. The van der Waals surface area contributed by atoms with E-state index in [0.29, 0.717) is 17.1 Å². The van der Waals surface area contributed by atoms with Crippen LogP contribution in [0, 0.1) is 0 Å². The molecule has 0 aliphatic carbocycles. The summed E-state index contributed by atoms with van der Waals surface area (Å²) in [7, 11) is 0. The Morgan fingerprint density at radius 1 is 1.07 bits per heavy atom. The van der Waals surface area contributed by atoms with Crippen molar-refractivity contribution in [3.8, 4) is 5.69 Å². The molecule has 0 fully saturated rings. The van der Waals surface area contributed by atoms with Gasteiger partial charge >= 0.3 is 6.18 Å². The summed E-state index contributed by atoms with van der Waals surface area (Å²) in [4.78, 5) is 0. The zero-order valence-corrected chi connectivity index (χ0v) is 15.8. The summed E-state index contributed by atoms with van der Waals surface area (Å²) in [6.07, 6.45) is -1.02. The Morgan fingerprint density at radius 2 is 1.89 bits per heavy atom. The zero-order chi connectivity index (χ0) is 19.7. The number of anilines is 1. The first-order valence-electron chi connectivity index (χ1n) is 9.19. The van der Waals surface area contributed by atoms with E-state index in [1.807, 2.05) is 24.3 Å². The van der Waals surface area contributed by atoms with E-state index in [4.69, 9.17) is 16.7 Å². The molecular formula is C21H19ClF3N3. The Balaban J connectivity index is 1.80. The van der Waals surface area contributed by atoms with Gasteiger partial charge in [0.1, 0.15) is 5.82 Å². The predicted octanol–water partition coefficient (Wildman–Crippen LogP) is 5.88. The van der Waals surface area contributed by atoms with E-state index < -0.39 is 11.7 Å². The highest BCUT2D eigenvalue weighted by Crippen LogP contribution is 2.33. The van der Waals surface area contributed by atoms with Gasteiger partial charge in [-0.1, -0.05) is 35.9 Å². The Kier molecular flexibility index (Phi) is 5.06. The van der Waals surface area contributed by atoms with Crippen LogP contribution in [-0.2, 0) is 19.0 Å². The molecule has 3 aromatic rings. The molecule has 28 heavy (non-hydrogen) atoms. The third-order valence-corrected chi connectivity index (χ3v) is 5.32. The number of fused-ring (bicyclic) bond motifs is 1. The van der Waals surface area contributed by atoms with Crippen molar-refractivity contribution in [1.29, 1.82) is 0 Å². The van der Waals surface area contributed by atoms with Crippen LogP contribution in [-0.4, -0.2) is 16.3 Å². The summed E-state index contributed by atoms with van der Waals surface area (Å²) in [5, 5.41) is 8.71. The summed E-state index contributed by atoms with van der Waals surface area (Å²) in [5.74, 6) is 0.777. The van der Waals surface area contributed by atoms with Gasteiger partial charge in [0.15, 0.2) is 0 Å². The number of hydrogen-bond donors (Lipinski definition) is 1. The number of hydrogen-bond acceptors (Lipinski definition) is 2. The molecule has 0 radical (unpaired) electrons. The van der Waals surface area contributed by atoms with Gasteiger partial charge in [-0.05, 0) is 49.1 Å². The lowest BCUT2D eigenvalue weighted by Crippen LogP contribution is -2.09. The van der Waals surface area contributed by atoms with Gasteiger partial charge in [0.05, 0.1) is 16.9 Å². The Morgan fingerprint density at radius 3 is 2.68 bits per heavy atom. The molecule has 0 spiro atoms. The minimum Gasteiger partial charge on any atom is -0.370 e. The van der Waals surface area contributed by atoms with Crippen LogP contribution in [0.2, 0.25) is 5.02 Å². The second kappa shape index (κ2) is 7.51. The lowest BCUT2D eigenvalue weighted by Gasteiger charge is -2.12. The van der Waals surface area contributed by atoms with Crippen molar-refractivity contribution in [2.45, 2.75) is 31.9 Å². The largest absolute Gasteiger partial charge is 0.416 e. The molecule has 2 aromatic carbocycles. The van der Waals surface area contributed by atoms with Crippen molar-refractivity contribution in [3.63, 3.8) is 0 Å². The molecule has 1 aromatic heterocycles. The molecule has 4 rings (SSSR count). The molecule has 1 aliphatic heterocycles. The fraction of sp³-hybridized carbons (Fsp3) is 0.286. The second-order valence-electron chi connectivity index (χ2n) is 6.89. The lowest BCUT2D eigenvalue weighted by molar-refractivity contribution is -0.137. The van der Waals surface area contributed by atoms with Crippen LogP contribution < -0.4 is 5.32 Å². The smallest absolute Gasteiger partial charge is 0.370 e. The van der Waals surface area contributed by atoms with Crippen molar-refractivity contribution in [3.05, 3.63) is 75.9 Å². The van der Waals surface area contributed by atoms with E-state index in [1.165, 1.54) is 6.07 Å². The van der Waals surface area contributed by atoms with Crippen molar-refractivity contribution >= 4 is 17.4 Å². The van der Waals surface area contributed by atoms with Gasteiger partial charge in [-0.25, -0.2) is 4.68 Å². The minimum atomic E-state index is -4.39. The topological polar surface area (TPSA) is 29.9 Å². The summed E-state index contributed by atoms with van der Waals surface area (Å²) in [6, 6.07) is 12.8. The average Bonchev–Trinajstić information content (AvgIpc) is 2.84. The predicted molar refractivity (Wildman–Crippen MR) is 104 cm³/mol. The number of rotatable bonds is 3. The number of nitrogens with zero attached hydrogens (tertiary/aromatic N) is 2. The Hall–Kier alpha value is -2.47. The molecule has 0 saturated heterocycles. The van der Waals surface area contributed by atoms with E-state index in [9.17, 15) is 13.2 Å². The summed E-state index contributed by atoms with van der Waals surface area (Å²) < 4.78 is 41.1. The van der Waals surface area contributed by atoms with E-state index in [1.54, 1.807) is 10.7 Å². The maximum absolute atomic E-state index is 13.2. The molecule has 3 nitrogen and oxygen atoms in total. The van der Waals surface area contributed by atoms with Crippen LogP contribution in [0.5, 0.6) is 0 Å². The molecule has 7 heteroatoms. The molecule has 1 N–H and O–H groups in total. The molecule has 146 valence electrons. The Labute approximate surface area is 166 Å². The highest BCUT2D eigenvalue weighted by Gasteiger charge is 2.31. The first kappa shape index (κ1) is 18.9. The van der Waals surface area contributed by atoms with Crippen LogP contribution in [0.1, 0.15) is 35.2 Å². The summed E-state index contributed by atoms with van der Waals surface area (Å²) in [6.45, 7) is 0.767. The number of halogens is 4. The highest BCUT2D eigenvalue weighted by molar-refractivity contribution is 6.31. The molecular weight excluding hydrogens is 387 g/mol. The van der Waals surface area contributed by atoms with Crippen LogP contribution in [0.25, 0.3) is 5.69 Å². The Bertz CT molecular complexity index is 995. The van der Waals surface area contributed by atoms with Crippen molar-refractivity contribution < 1.29 is 13.2 Å². The molecule has 0 atom stereocenters. The molecule has 2 heterocycles. The van der Waals surface area contributed by atoms with Crippen molar-refractivity contribution in [2.75, 3.05) is 11.9 Å². The van der Waals surface area contributed by atoms with Gasteiger partial charge in [-0.2, -0.15) is 18.3 Å². The lowest BCUT2D eigenvalue weighted by atomic mass is 10.0. The SMILES string of the molecule is FC(F)(F)c1cccc(-n2nc(Cc3ccccc3Cl)c3c2NCCCC3)c1. The average molecular weight is 406 g/mol. The summed E-state index contributed by atoms with van der Waals surface area (Å²) >= 11 is 6.31.